The number of hydrogen-bond acceptors (Lipinski definition) is 4. The van der Waals surface area contributed by atoms with Gasteiger partial charge in [0.1, 0.15) is 0 Å². The molecule has 6 heteroatoms. The van der Waals surface area contributed by atoms with Crippen LogP contribution in [-0.2, 0) is 0 Å². The standard InChI is InChI=1S/C10H7Cl2N3O/c11-6-4-7(12)9(5-8(6)13)16-10-14-2-1-3-15-10/h1-5H,13H2. The van der Waals surface area contributed by atoms with Gasteiger partial charge >= 0.3 is 6.01 Å². The Morgan fingerprint density at radius 3 is 2.44 bits per heavy atom. The minimum absolute atomic E-state index is 0.200. The van der Waals surface area contributed by atoms with Gasteiger partial charge in [-0.1, -0.05) is 23.2 Å². The molecule has 0 radical (unpaired) electrons. The number of hydrogen-bond donors (Lipinski definition) is 1. The first-order valence-electron chi connectivity index (χ1n) is 4.36. The first-order chi connectivity index (χ1) is 7.66. The second-order valence-electron chi connectivity index (χ2n) is 2.94. The molecule has 0 amide bonds. The van der Waals surface area contributed by atoms with Gasteiger partial charge in [-0.15, -0.1) is 0 Å². The van der Waals surface area contributed by atoms with Crippen LogP contribution in [0.15, 0.2) is 30.6 Å². The van der Waals surface area contributed by atoms with Crippen LogP contribution in [0.3, 0.4) is 0 Å². The van der Waals surface area contributed by atoms with Crippen molar-refractivity contribution in [2.75, 3.05) is 5.73 Å². The first kappa shape index (κ1) is 11.0. The van der Waals surface area contributed by atoms with Gasteiger partial charge in [0.25, 0.3) is 0 Å². The van der Waals surface area contributed by atoms with Crippen molar-refractivity contribution in [2.45, 2.75) is 0 Å². The smallest absolute Gasteiger partial charge is 0.321 e. The number of nitrogens with two attached hydrogens (primary N) is 1. The molecule has 0 aliphatic rings. The maximum Gasteiger partial charge on any atom is 0.321 e. The lowest BCUT2D eigenvalue weighted by atomic mass is 10.3. The summed E-state index contributed by atoms with van der Waals surface area (Å²) in [5.74, 6) is 0.370. The minimum atomic E-state index is 0.200. The van der Waals surface area contributed by atoms with Crippen LogP contribution in [0.5, 0.6) is 11.8 Å². The van der Waals surface area contributed by atoms with Gasteiger partial charge in [0, 0.05) is 18.5 Å². The van der Waals surface area contributed by atoms with Gasteiger partial charge in [0.05, 0.1) is 15.7 Å². The number of nitrogen functional groups attached to an aromatic ring is 1. The van der Waals surface area contributed by atoms with E-state index in [-0.39, 0.29) is 6.01 Å². The number of ether oxygens (including phenoxy) is 1. The second-order valence-corrected chi connectivity index (χ2v) is 3.75. The summed E-state index contributed by atoms with van der Waals surface area (Å²) in [6, 6.07) is 4.92. The molecule has 2 N–H and O–H groups in total. The van der Waals surface area contributed by atoms with Crippen LogP contribution in [0.4, 0.5) is 5.69 Å². The normalized spacial score (nSPS) is 10.1. The summed E-state index contributed by atoms with van der Waals surface area (Å²) in [5, 5.41) is 0.734. The molecule has 82 valence electrons. The van der Waals surface area contributed by atoms with E-state index in [4.69, 9.17) is 33.7 Å². The topological polar surface area (TPSA) is 61.0 Å². The number of benzene rings is 1. The summed E-state index contributed by atoms with van der Waals surface area (Å²) in [5.41, 5.74) is 6.02. The summed E-state index contributed by atoms with van der Waals surface area (Å²) in [6.07, 6.45) is 3.13. The Labute approximate surface area is 102 Å². The van der Waals surface area contributed by atoms with E-state index in [0.29, 0.717) is 21.5 Å². The van der Waals surface area contributed by atoms with Gasteiger partial charge in [-0.3, -0.25) is 0 Å². The van der Waals surface area contributed by atoms with Crippen molar-refractivity contribution in [3.05, 3.63) is 40.6 Å². The highest BCUT2D eigenvalue weighted by Crippen LogP contribution is 2.34. The molecule has 0 aliphatic heterocycles. The summed E-state index contributed by atoms with van der Waals surface area (Å²) in [6.45, 7) is 0. The summed E-state index contributed by atoms with van der Waals surface area (Å²) in [7, 11) is 0. The van der Waals surface area contributed by atoms with Gasteiger partial charge in [0.2, 0.25) is 0 Å². The maximum absolute atomic E-state index is 5.93. The van der Waals surface area contributed by atoms with Crippen LogP contribution in [0, 0.1) is 0 Å². The highest BCUT2D eigenvalue weighted by molar-refractivity contribution is 6.37. The molecule has 2 aromatic rings. The van der Waals surface area contributed by atoms with Gasteiger partial charge in [-0.25, -0.2) is 9.97 Å². The molecule has 4 nitrogen and oxygen atoms in total. The molecule has 1 aromatic heterocycles. The van der Waals surface area contributed by atoms with E-state index in [2.05, 4.69) is 9.97 Å². The zero-order chi connectivity index (χ0) is 11.5. The number of rotatable bonds is 2. The molecule has 1 aromatic carbocycles. The minimum Gasteiger partial charge on any atom is -0.423 e. The number of halogens is 2. The van der Waals surface area contributed by atoms with Crippen molar-refractivity contribution in [1.82, 2.24) is 9.97 Å². The van der Waals surface area contributed by atoms with E-state index < -0.39 is 0 Å². The van der Waals surface area contributed by atoms with Gasteiger partial charge in [0.15, 0.2) is 5.75 Å². The third-order valence-electron chi connectivity index (χ3n) is 1.79. The number of aromatic nitrogens is 2. The molecule has 0 bridgehead atoms. The summed E-state index contributed by atoms with van der Waals surface area (Å²) < 4.78 is 5.35. The Hall–Kier alpha value is -1.52. The molecular weight excluding hydrogens is 249 g/mol. The van der Waals surface area contributed by atoms with Gasteiger partial charge < -0.3 is 10.5 Å². The summed E-state index contributed by atoms with van der Waals surface area (Å²) >= 11 is 11.7. The van der Waals surface area contributed by atoms with Crippen LogP contribution >= 0.6 is 23.2 Å². The van der Waals surface area contributed by atoms with Crippen LogP contribution in [0.1, 0.15) is 0 Å². The molecule has 1 heterocycles. The zero-order valence-corrected chi connectivity index (χ0v) is 9.53. The molecule has 0 spiro atoms. The lowest BCUT2D eigenvalue weighted by Crippen LogP contribution is -1.93. The Kier molecular flexibility index (Phi) is 3.12. The Balaban J connectivity index is 2.32. The van der Waals surface area contributed by atoms with Crippen molar-refractivity contribution in [3.8, 4) is 11.8 Å². The van der Waals surface area contributed by atoms with E-state index >= 15 is 0 Å². The lowest BCUT2D eigenvalue weighted by Gasteiger charge is -2.07. The monoisotopic (exact) mass is 255 g/mol. The van der Waals surface area contributed by atoms with Crippen molar-refractivity contribution in [1.29, 1.82) is 0 Å². The van der Waals surface area contributed by atoms with Crippen LogP contribution < -0.4 is 10.5 Å². The lowest BCUT2D eigenvalue weighted by molar-refractivity contribution is 0.442. The highest BCUT2D eigenvalue weighted by atomic mass is 35.5. The quantitative estimate of drug-likeness (QED) is 0.838. The molecule has 0 aliphatic carbocycles. The van der Waals surface area contributed by atoms with E-state index in [0.717, 1.165) is 0 Å². The average Bonchev–Trinajstić information content (AvgIpc) is 2.27. The third kappa shape index (κ3) is 2.35. The molecule has 0 fully saturated rings. The van der Waals surface area contributed by atoms with Crippen molar-refractivity contribution in [2.24, 2.45) is 0 Å². The Morgan fingerprint density at radius 1 is 1.06 bits per heavy atom. The van der Waals surface area contributed by atoms with Crippen LogP contribution in [0.25, 0.3) is 0 Å². The Morgan fingerprint density at radius 2 is 1.75 bits per heavy atom. The molecule has 2 rings (SSSR count). The predicted octanol–water partition coefficient (Wildman–Crippen LogP) is 3.16. The molecule has 0 unspecified atom stereocenters. The van der Waals surface area contributed by atoms with Crippen molar-refractivity contribution in [3.63, 3.8) is 0 Å². The van der Waals surface area contributed by atoms with Gasteiger partial charge in [-0.2, -0.15) is 0 Å². The molecular formula is C10H7Cl2N3O. The fraction of sp³-hybridized carbons (Fsp3) is 0. The zero-order valence-electron chi connectivity index (χ0n) is 8.02. The average molecular weight is 256 g/mol. The van der Waals surface area contributed by atoms with E-state index in [1.54, 1.807) is 18.5 Å². The van der Waals surface area contributed by atoms with Crippen LogP contribution in [0.2, 0.25) is 10.0 Å². The molecule has 16 heavy (non-hydrogen) atoms. The second kappa shape index (κ2) is 4.55. The van der Waals surface area contributed by atoms with E-state index in [9.17, 15) is 0 Å². The third-order valence-corrected chi connectivity index (χ3v) is 2.42. The predicted molar refractivity (Wildman–Crippen MR) is 63.0 cm³/mol. The number of anilines is 1. The summed E-state index contributed by atoms with van der Waals surface area (Å²) in [4.78, 5) is 7.80. The van der Waals surface area contributed by atoms with Crippen molar-refractivity contribution < 1.29 is 4.74 Å². The van der Waals surface area contributed by atoms with Gasteiger partial charge in [-0.05, 0) is 12.1 Å². The molecule has 0 atom stereocenters. The first-order valence-corrected chi connectivity index (χ1v) is 5.12. The molecule has 0 saturated carbocycles. The Bertz CT molecular complexity index is 505. The SMILES string of the molecule is Nc1cc(Oc2ncccn2)c(Cl)cc1Cl. The van der Waals surface area contributed by atoms with E-state index in [1.165, 1.54) is 12.1 Å². The van der Waals surface area contributed by atoms with Crippen LogP contribution in [-0.4, -0.2) is 9.97 Å². The fourth-order valence-electron chi connectivity index (χ4n) is 1.06. The maximum atomic E-state index is 5.93. The van der Waals surface area contributed by atoms with Crippen molar-refractivity contribution >= 4 is 28.9 Å². The largest absolute Gasteiger partial charge is 0.423 e. The van der Waals surface area contributed by atoms with E-state index in [1.807, 2.05) is 0 Å². The number of nitrogens with zero attached hydrogens (tertiary/aromatic N) is 2. The highest BCUT2D eigenvalue weighted by Gasteiger charge is 2.08. The molecule has 0 saturated heterocycles. The fourth-order valence-corrected chi connectivity index (χ4v) is 1.48.